The molecule has 0 aromatic heterocycles. The van der Waals surface area contributed by atoms with Crippen LogP contribution in [0.4, 0.5) is 13.2 Å². The van der Waals surface area contributed by atoms with Gasteiger partial charge in [0, 0.05) is 24.4 Å². The summed E-state index contributed by atoms with van der Waals surface area (Å²) in [6, 6.07) is 0.189. The largest absolute Gasteiger partial charge is 0.449 e. The molecule has 8 nitrogen and oxygen atoms in total. The van der Waals surface area contributed by atoms with Crippen molar-refractivity contribution in [1.29, 1.82) is 5.26 Å². The van der Waals surface area contributed by atoms with Crippen LogP contribution >= 0.6 is 0 Å². The van der Waals surface area contributed by atoms with Gasteiger partial charge >= 0.3 is 6.18 Å². The number of hydrogen-bond acceptors (Lipinski definition) is 5. The lowest BCUT2D eigenvalue weighted by Crippen LogP contribution is -2.53. The van der Waals surface area contributed by atoms with E-state index in [1.165, 1.54) is 4.90 Å². The van der Waals surface area contributed by atoms with Crippen LogP contribution in [0.3, 0.4) is 0 Å². The quantitative estimate of drug-likeness (QED) is 0.441. The fraction of sp³-hybridized carbons (Fsp3) is 0.833. The van der Waals surface area contributed by atoms with E-state index in [2.05, 4.69) is 16.7 Å². The Morgan fingerprint density at radius 3 is 2.27 bits per heavy atom. The summed E-state index contributed by atoms with van der Waals surface area (Å²) in [4.78, 5) is 53.5. The van der Waals surface area contributed by atoms with E-state index in [1.807, 2.05) is 0 Å². The van der Waals surface area contributed by atoms with Crippen molar-refractivity contribution in [2.24, 2.45) is 29.1 Å². The zero-order valence-electron chi connectivity index (χ0n) is 24.3. The molecule has 0 radical (unpaired) electrons. The van der Waals surface area contributed by atoms with Crippen molar-refractivity contribution in [1.82, 2.24) is 15.5 Å². The Kier molecular flexibility index (Phi) is 9.10. The number of carbonyl (C=O) groups is 4. The lowest BCUT2D eigenvalue weighted by Gasteiger charge is -2.35. The number of nitrogens with zero attached hydrogens (tertiary/aromatic N) is 2. The minimum atomic E-state index is -5.05. The number of hydrogen-bond donors (Lipinski definition) is 2. The fourth-order valence-electron chi connectivity index (χ4n) is 7.03. The number of amides is 3. The second-order valence-corrected chi connectivity index (χ2v) is 13.9. The highest BCUT2D eigenvalue weighted by atomic mass is 19.4. The predicted octanol–water partition coefficient (Wildman–Crippen LogP) is 4.42. The number of carbonyl (C=O) groups excluding carboxylic acids is 4. The van der Waals surface area contributed by atoms with Crippen LogP contribution in [0.5, 0.6) is 0 Å². The molecule has 2 heterocycles. The molecule has 1 spiro atoms. The molecular formula is C30H43F3N4O4. The zero-order valence-corrected chi connectivity index (χ0v) is 24.3. The lowest BCUT2D eigenvalue weighted by molar-refractivity contribution is -0.174. The maximum Gasteiger partial charge on any atom is 0.449 e. The van der Waals surface area contributed by atoms with Crippen molar-refractivity contribution in [2.45, 2.75) is 122 Å². The van der Waals surface area contributed by atoms with Gasteiger partial charge in [-0.25, -0.2) is 0 Å². The molecular weight excluding hydrogens is 537 g/mol. The van der Waals surface area contributed by atoms with Crippen molar-refractivity contribution in [2.75, 3.05) is 6.54 Å². The second-order valence-electron chi connectivity index (χ2n) is 13.9. The van der Waals surface area contributed by atoms with Gasteiger partial charge in [-0.1, -0.05) is 52.9 Å². The van der Waals surface area contributed by atoms with Crippen molar-refractivity contribution in [3.63, 3.8) is 0 Å². The first-order valence-electron chi connectivity index (χ1n) is 15.1. The third-order valence-corrected chi connectivity index (χ3v) is 9.86. The number of nitrogens with one attached hydrogen (secondary N) is 2. The van der Waals surface area contributed by atoms with Gasteiger partial charge in [-0.3, -0.25) is 19.2 Å². The molecule has 228 valence electrons. The average molecular weight is 581 g/mol. The van der Waals surface area contributed by atoms with Gasteiger partial charge in [0.1, 0.15) is 12.1 Å². The van der Waals surface area contributed by atoms with Gasteiger partial charge in [0.15, 0.2) is 0 Å². The van der Waals surface area contributed by atoms with Crippen LogP contribution < -0.4 is 10.6 Å². The number of Topliss-reactive ketones (excluding diaryl/α,β-unsaturated/α-hetero) is 1. The number of piperidine rings is 1. The van der Waals surface area contributed by atoms with Gasteiger partial charge in [0.2, 0.25) is 23.5 Å². The van der Waals surface area contributed by atoms with Crippen LogP contribution in [0.15, 0.2) is 0 Å². The van der Waals surface area contributed by atoms with Crippen molar-refractivity contribution >= 4 is 23.5 Å². The maximum atomic E-state index is 13.9. The number of likely N-dealkylation sites (tertiary alicyclic amines) is 1. The van der Waals surface area contributed by atoms with E-state index in [1.54, 1.807) is 20.8 Å². The number of halogens is 3. The Morgan fingerprint density at radius 2 is 1.73 bits per heavy atom. The van der Waals surface area contributed by atoms with Crippen LogP contribution in [0, 0.1) is 40.4 Å². The Bertz CT molecular complexity index is 1070. The Hall–Kier alpha value is -2.64. The van der Waals surface area contributed by atoms with Crippen molar-refractivity contribution in [3.05, 3.63) is 0 Å². The molecule has 2 saturated heterocycles. The zero-order chi connectivity index (χ0) is 30.2. The summed E-state index contributed by atoms with van der Waals surface area (Å²) in [6.07, 6.45) is 3.04. The summed E-state index contributed by atoms with van der Waals surface area (Å²) < 4.78 is 39.6. The standard InChI is InChI=1S/C30H43F3N4O4/c1-28(2,3)22(15-24(38)30(31,32)33)27(41)37-17-20(18-7-5-4-6-8-18)14-23(37)26(40)35-21(16-34)13-19-9-10-29(11-12-29)36-25(19)39/h18-23H,4-15,17H2,1-3H3,(H,35,40)(H,36,39). The van der Waals surface area contributed by atoms with Crippen LogP contribution in [0.25, 0.3) is 0 Å². The predicted molar refractivity (Wildman–Crippen MR) is 144 cm³/mol. The number of rotatable bonds is 8. The smallest absolute Gasteiger partial charge is 0.350 e. The Labute approximate surface area is 240 Å². The topological polar surface area (TPSA) is 119 Å². The molecule has 2 aliphatic carbocycles. The van der Waals surface area contributed by atoms with Crippen LogP contribution in [-0.4, -0.2) is 58.7 Å². The van der Waals surface area contributed by atoms with E-state index >= 15 is 0 Å². The minimum absolute atomic E-state index is 0.00771. The highest BCUT2D eigenvalue weighted by molar-refractivity contribution is 5.93. The molecule has 0 aromatic carbocycles. The Morgan fingerprint density at radius 1 is 1.07 bits per heavy atom. The van der Waals surface area contributed by atoms with Crippen LogP contribution in [0.2, 0.25) is 0 Å². The molecule has 2 N–H and O–H groups in total. The van der Waals surface area contributed by atoms with E-state index in [-0.39, 0.29) is 30.3 Å². The van der Waals surface area contributed by atoms with Crippen LogP contribution in [0.1, 0.15) is 97.8 Å². The maximum absolute atomic E-state index is 13.9. The summed E-state index contributed by atoms with van der Waals surface area (Å²) in [7, 11) is 0. The lowest BCUT2D eigenvalue weighted by atomic mass is 9.76. The van der Waals surface area contributed by atoms with Crippen molar-refractivity contribution < 1.29 is 32.3 Å². The normalized spacial score (nSPS) is 28.0. The first kappa shape index (κ1) is 31.3. The number of ketones is 1. The molecule has 4 aliphatic rings. The van der Waals surface area contributed by atoms with Gasteiger partial charge in [-0.2, -0.15) is 18.4 Å². The molecule has 5 unspecified atom stereocenters. The summed E-state index contributed by atoms with van der Waals surface area (Å²) in [6.45, 7) is 5.10. The van der Waals surface area contributed by atoms with E-state index in [4.69, 9.17) is 0 Å². The SMILES string of the molecule is CC(C)(C)C(CC(=O)C(F)(F)F)C(=O)N1CC(C2CCCCC2)CC1C(=O)NC(C#N)CC1CCC2(CC2)NC1=O. The minimum Gasteiger partial charge on any atom is -0.350 e. The molecule has 11 heteroatoms. The van der Waals surface area contributed by atoms with E-state index in [9.17, 15) is 37.6 Å². The second kappa shape index (κ2) is 11.9. The third kappa shape index (κ3) is 7.42. The molecule has 2 saturated carbocycles. The average Bonchev–Trinajstić information content (AvgIpc) is 3.49. The molecule has 4 fully saturated rings. The molecule has 0 aromatic rings. The van der Waals surface area contributed by atoms with Gasteiger partial charge in [0.25, 0.3) is 0 Å². The van der Waals surface area contributed by atoms with Crippen molar-refractivity contribution in [3.8, 4) is 6.07 Å². The molecule has 3 amide bonds. The van der Waals surface area contributed by atoms with E-state index in [0.29, 0.717) is 18.8 Å². The van der Waals surface area contributed by atoms with Gasteiger partial charge in [0.05, 0.1) is 12.0 Å². The van der Waals surface area contributed by atoms with Gasteiger partial charge in [-0.15, -0.1) is 0 Å². The fourth-order valence-corrected chi connectivity index (χ4v) is 7.03. The van der Waals surface area contributed by atoms with Crippen LogP contribution in [-0.2, 0) is 19.2 Å². The van der Waals surface area contributed by atoms with Gasteiger partial charge in [-0.05, 0) is 55.8 Å². The first-order chi connectivity index (χ1) is 19.1. The monoisotopic (exact) mass is 580 g/mol. The number of alkyl halides is 3. The highest BCUT2D eigenvalue weighted by Crippen LogP contribution is 2.44. The first-order valence-corrected chi connectivity index (χ1v) is 15.1. The van der Waals surface area contributed by atoms with Gasteiger partial charge < -0.3 is 15.5 Å². The third-order valence-electron chi connectivity index (χ3n) is 9.86. The van der Waals surface area contributed by atoms with E-state index in [0.717, 1.165) is 51.4 Å². The highest BCUT2D eigenvalue weighted by Gasteiger charge is 2.50. The summed E-state index contributed by atoms with van der Waals surface area (Å²) in [5.41, 5.74) is -1.04. The van der Waals surface area contributed by atoms with E-state index < -0.39 is 59.5 Å². The summed E-state index contributed by atoms with van der Waals surface area (Å²) in [5, 5.41) is 15.6. The summed E-state index contributed by atoms with van der Waals surface area (Å²) in [5.74, 6) is -4.59. The molecule has 5 atom stereocenters. The molecule has 2 aliphatic heterocycles. The molecule has 0 bridgehead atoms. The number of nitriles is 1. The summed E-state index contributed by atoms with van der Waals surface area (Å²) >= 11 is 0. The Balaban J connectivity index is 1.50. The molecule has 4 rings (SSSR count). The molecule has 41 heavy (non-hydrogen) atoms.